The smallest absolute Gasteiger partial charge is 0.340 e. The minimum atomic E-state index is -4.55. The summed E-state index contributed by atoms with van der Waals surface area (Å²) in [5.74, 6) is 0.0682. The van der Waals surface area contributed by atoms with E-state index in [0.29, 0.717) is 0 Å². The van der Waals surface area contributed by atoms with Crippen LogP contribution in [-0.4, -0.2) is 19.6 Å². The molecular formula is C15H14F3N5. The topological polar surface area (TPSA) is 55.1 Å². The highest BCUT2D eigenvalue weighted by Gasteiger charge is 2.34. The van der Waals surface area contributed by atoms with Gasteiger partial charge < -0.3 is 5.32 Å². The van der Waals surface area contributed by atoms with Gasteiger partial charge in [0.25, 0.3) is 5.78 Å². The molecule has 2 heterocycles. The lowest BCUT2D eigenvalue weighted by Gasteiger charge is -2.14. The summed E-state index contributed by atoms with van der Waals surface area (Å²) < 4.78 is 40.2. The fourth-order valence-corrected chi connectivity index (χ4v) is 2.31. The first-order valence-electron chi connectivity index (χ1n) is 7.12. The number of nitrogens with one attached hydrogen (secondary N) is 1. The number of para-hydroxylation sites is 1. The molecule has 120 valence electrons. The van der Waals surface area contributed by atoms with Gasteiger partial charge in [-0.3, -0.25) is 0 Å². The van der Waals surface area contributed by atoms with Crippen molar-refractivity contribution < 1.29 is 13.2 Å². The van der Waals surface area contributed by atoms with E-state index in [-0.39, 0.29) is 11.6 Å². The van der Waals surface area contributed by atoms with Gasteiger partial charge in [0.05, 0.1) is 0 Å². The Bertz CT molecular complexity index is 825. The molecule has 5 nitrogen and oxygen atoms in total. The van der Waals surface area contributed by atoms with E-state index in [1.54, 1.807) is 0 Å². The van der Waals surface area contributed by atoms with E-state index in [1.807, 2.05) is 31.2 Å². The maximum atomic E-state index is 13.0. The molecule has 0 fully saturated rings. The predicted molar refractivity (Wildman–Crippen MR) is 79.5 cm³/mol. The summed E-state index contributed by atoms with van der Waals surface area (Å²) in [6, 6.07) is 8.42. The summed E-state index contributed by atoms with van der Waals surface area (Å²) in [5.41, 5.74) is 0.757. The van der Waals surface area contributed by atoms with Crippen LogP contribution in [0.3, 0.4) is 0 Å². The second kappa shape index (κ2) is 5.86. The molecule has 1 N–H and O–H groups in total. The Morgan fingerprint density at radius 2 is 2.00 bits per heavy atom. The standard InChI is InChI=1S/C15H14F3N5/c1-2-5-10-6-3-4-7-11(10)21-13-8-12(15(16,17)18)22-14-19-9-20-23(13)14/h3-4,6-9,21H,2,5H2,1H3. The van der Waals surface area contributed by atoms with Crippen LogP contribution in [0.15, 0.2) is 36.7 Å². The van der Waals surface area contributed by atoms with Gasteiger partial charge in [-0.05, 0) is 18.1 Å². The fourth-order valence-electron chi connectivity index (χ4n) is 2.31. The highest BCUT2D eigenvalue weighted by molar-refractivity contribution is 5.62. The van der Waals surface area contributed by atoms with Crippen molar-refractivity contribution in [3.8, 4) is 0 Å². The molecule has 23 heavy (non-hydrogen) atoms. The first-order valence-corrected chi connectivity index (χ1v) is 7.12. The Balaban J connectivity index is 2.08. The van der Waals surface area contributed by atoms with Crippen LogP contribution in [0.1, 0.15) is 24.6 Å². The number of nitrogens with zero attached hydrogens (tertiary/aromatic N) is 4. The lowest BCUT2D eigenvalue weighted by molar-refractivity contribution is -0.141. The van der Waals surface area contributed by atoms with Gasteiger partial charge in [-0.15, -0.1) is 0 Å². The van der Waals surface area contributed by atoms with Crippen molar-refractivity contribution in [2.24, 2.45) is 0 Å². The third-order valence-electron chi connectivity index (χ3n) is 3.34. The molecule has 3 rings (SSSR count). The van der Waals surface area contributed by atoms with Crippen LogP contribution in [0.4, 0.5) is 24.7 Å². The van der Waals surface area contributed by atoms with Gasteiger partial charge in [0.1, 0.15) is 12.1 Å². The molecule has 0 aliphatic carbocycles. The van der Waals surface area contributed by atoms with Gasteiger partial charge in [-0.25, -0.2) is 4.98 Å². The van der Waals surface area contributed by atoms with E-state index in [0.717, 1.165) is 30.2 Å². The molecule has 2 aromatic heterocycles. The Labute approximate surface area is 130 Å². The van der Waals surface area contributed by atoms with Crippen LogP contribution in [0, 0.1) is 0 Å². The summed E-state index contributed by atoms with van der Waals surface area (Å²) in [6.45, 7) is 2.04. The van der Waals surface area contributed by atoms with Crippen molar-refractivity contribution in [2.45, 2.75) is 25.9 Å². The molecular weight excluding hydrogens is 307 g/mol. The molecule has 8 heteroatoms. The molecule has 0 unspecified atom stereocenters. The van der Waals surface area contributed by atoms with Gasteiger partial charge >= 0.3 is 6.18 Å². The van der Waals surface area contributed by atoms with Crippen molar-refractivity contribution in [2.75, 3.05) is 5.32 Å². The molecule has 0 spiro atoms. The number of rotatable bonds is 4. The highest BCUT2D eigenvalue weighted by Crippen LogP contribution is 2.31. The first-order chi connectivity index (χ1) is 11.0. The number of aromatic nitrogens is 4. The Morgan fingerprint density at radius 3 is 2.74 bits per heavy atom. The number of aryl methyl sites for hydroxylation is 1. The van der Waals surface area contributed by atoms with E-state index in [2.05, 4.69) is 20.4 Å². The number of alkyl halides is 3. The molecule has 0 atom stereocenters. The van der Waals surface area contributed by atoms with Crippen LogP contribution in [0.5, 0.6) is 0 Å². The number of hydrogen-bond acceptors (Lipinski definition) is 4. The summed E-state index contributed by atoms with van der Waals surface area (Å²) in [6.07, 6.45) is -1.62. The zero-order chi connectivity index (χ0) is 16.4. The van der Waals surface area contributed by atoms with Crippen LogP contribution in [0.2, 0.25) is 0 Å². The largest absolute Gasteiger partial charge is 0.433 e. The molecule has 0 aliphatic rings. The summed E-state index contributed by atoms with van der Waals surface area (Å²) in [4.78, 5) is 7.25. The minimum Gasteiger partial charge on any atom is -0.340 e. The average Bonchev–Trinajstić information content (AvgIpc) is 2.97. The lowest BCUT2D eigenvalue weighted by Crippen LogP contribution is -2.12. The normalized spacial score (nSPS) is 11.8. The molecule has 0 amide bonds. The third-order valence-corrected chi connectivity index (χ3v) is 3.34. The van der Waals surface area contributed by atoms with Gasteiger partial charge in [-0.2, -0.15) is 27.8 Å². The molecule has 3 aromatic rings. The number of benzene rings is 1. The van der Waals surface area contributed by atoms with Crippen LogP contribution >= 0.6 is 0 Å². The molecule has 0 aliphatic heterocycles. The molecule has 0 bridgehead atoms. The Morgan fingerprint density at radius 1 is 1.22 bits per heavy atom. The van der Waals surface area contributed by atoms with Crippen molar-refractivity contribution in [3.05, 3.63) is 47.9 Å². The van der Waals surface area contributed by atoms with Crippen molar-refractivity contribution in [1.29, 1.82) is 0 Å². The molecule has 1 aromatic carbocycles. The van der Waals surface area contributed by atoms with E-state index < -0.39 is 11.9 Å². The second-order valence-corrected chi connectivity index (χ2v) is 5.03. The highest BCUT2D eigenvalue weighted by atomic mass is 19.4. The van der Waals surface area contributed by atoms with Crippen molar-refractivity contribution in [3.63, 3.8) is 0 Å². The van der Waals surface area contributed by atoms with E-state index in [9.17, 15) is 13.2 Å². The quantitative estimate of drug-likeness (QED) is 0.793. The number of anilines is 2. The average molecular weight is 321 g/mol. The van der Waals surface area contributed by atoms with Gasteiger partial charge in [0.2, 0.25) is 0 Å². The fraction of sp³-hybridized carbons (Fsp3) is 0.267. The monoisotopic (exact) mass is 321 g/mol. The second-order valence-electron chi connectivity index (χ2n) is 5.03. The number of fused-ring (bicyclic) bond motifs is 1. The third kappa shape index (κ3) is 3.10. The van der Waals surface area contributed by atoms with E-state index in [4.69, 9.17) is 0 Å². The summed E-state index contributed by atoms with van der Waals surface area (Å²) in [5, 5.41) is 6.95. The van der Waals surface area contributed by atoms with Crippen LogP contribution in [0.25, 0.3) is 5.78 Å². The van der Waals surface area contributed by atoms with Gasteiger partial charge in [0, 0.05) is 11.8 Å². The van der Waals surface area contributed by atoms with Crippen LogP contribution in [-0.2, 0) is 12.6 Å². The lowest BCUT2D eigenvalue weighted by atomic mass is 10.1. The summed E-state index contributed by atoms with van der Waals surface area (Å²) in [7, 11) is 0. The van der Waals surface area contributed by atoms with Gasteiger partial charge in [-0.1, -0.05) is 31.5 Å². The van der Waals surface area contributed by atoms with E-state index in [1.165, 1.54) is 10.8 Å². The maximum Gasteiger partial charge on any atom is 0.433 e. The SMILES string of the molecule is CCCc1ccccc1Nc1cc(C(F)(F)F)nc2ncnn12. The molecule has 0 saturated carbocycles. The predicted octanol–water partition coefficient (Wildman–Crippen LogP) is 3.84. The van der Waals surface area contributed by atoms with Gasteiger partial charge in [0.15, 0.2) is 5.69 Å². The Kier molecular flexibility index (Phi) is 3.89. The van der Waals surface area contributed by atoms with E-state index >= 15 is 0 Å². The van der Waals surface area contributed by atoms with Crippen LogP contribution < -0.4 is 5.32 Å². The molecule has 0 saturated heterocycles. The van der Waals surface area contributed by atoms with Crippen molar-refractivity contribution >= 4 is 17.3 Å². The zero-order valence-corrected chi connectivity index (χ0v) is 12.3. The maximum absolute atomic E-state index is 13.0. The first kappa shape index (κ1) is 15.3. The minimum absolute atomic E-state index is 0.102. The molecule has 0 radical (unpaired) electrons. The van der Waals surface area contributed by atoms with Crippen molar-refractivity contribution in [1.82, 2.24) is 19.6 Å². The zero-order valence-electron chi connectivity index (χ0n) is 12.3. The number of hydrogen-bond donors (Lipinski definition) is 1. The Hall–Kier alpha value is -2.64. The summed E-state index contributed by atoms with van der Waals surface area (Å²) >= 11 is 0. The number of halogens is 3.